The Hall–Kier alpha value is -2.44. The zero-order chi connectivity index (χ0) is 19.2. The second-order valence-corrected chi connectivity index (χ2v) is 8.79. The maximum absolute atomic E-state index is 5.88. The van der Waals surface area contributed by atoms with Crippen LogP contribution in [0.2, 0.25) is 0 Å². The van der Waals surface area contributed by atoms with Crippen molar-refractivity contribution in [3.05, 3.63) is 59.7 Å². The van der Waals surface area contributed by atoms with Gasteiger partial charge in [-0.2, -0.15) is 0 Å². The molecule has 150 valence electrons. The highest BCUT2D eigenvalue weighted by atomic mass is 16.4. The van der Waals surface area contributed by atoms with Gasteiger partial charge in [0.1, 0.15) is 0 Å². The van der Waals surface area contributed by atoms with Gasteiger partial charge in [0.15, 0.2) is 5.76 Å². The maximum Gasteiger partial charge on any atom is 0.283 e. The molecule has 6 heteroatoms. The number of piperidine rings is 1. The van der Waals surface area contributed by atoms with E-state index in [4.69, 9.17) is 8.83 Å². The summed E-state index contributed by atoms with van der Waals surface area (Å²) in [5.74, 6) is 2.51. The molecule has 0 radical (unpaired) electrons. The number of aromatic nitrogens is 2. The monoisotopic (exact) mass is 390 g/mol. The van der Waals surface area contributed by atoms with Crippen LogP contribution >= 0.6 is 0 Å². The summed E-state index contributed by atoms with van der Waals surface area (Å²) >= 11 is 0. The summed E-state index contributed by atoms with van der Waals surface area (Å²) in [7, 11) is 0. The Morgan fingerprint density at radius 1 is 0.897 bits per heavy atom. The highest BCUT2D eigenvalue weighted by molar-refractivity contribution is 5.42. The van der Waals surface area contributed by atoms with Crippen LogP contribution < -0.4 is 0 Å². The molecule has 1 aromatic carbocycles. The van der Waals surface area contributed by atoms with Gasteiger partial charge in [-0.25, -0.2) is 0 Å². The van der Waals surface area contributed by atoms with Crippen molar-refractivity contribution in [2.45, 2.75) is 44.3 Å². The SMILES string of the molecule is c1coc(-c2nnc(CN3C[C@H]4CC[C@@H]3CN(C3Cc5ccccc5C3)C4)o2)c1. The van der Waals surface area contributed by atoms with Crippen molar-refractivity contribution in [2.75, 3.05) is 19.6 Å². The molecule has 29 heavy (non-hydrogen) atoms. The van der Waals surface area contributed by atoms with Gasteiger partial charge in [0.05, 0.1) is 12.8 Å². The summed E-state index contributed by atoms with van der Waals surface area (Å²) in [5, 5.41) is 8.44. The topological polar surface area (TPSA) is 58.5 Å². The Morgan fingerprint density at radius 3 is 2.55 bits per heavy atom. The number of furan rings is 1. The van der Waals surface area contributed by atoms with Crippen LogP contribution in [0, 0.1) is 5.92 Å². The number of fused-ring (bicyclic) bond motifs is 5. The Balaban J connectivity index is 1.15. The molecule has 2 aromatic heterocycles. The molecule has 0 amide bonds. The molecule has 3 aliphatic heterocycles. The van der Waals surface area contributed by atoms with Gasteiger partial charge in [0, 0.05) is 31.7 Å². The molecule has 7 rings (SSSR count). The highest BCUT2D eigenvalue weighted by Gasteiger charge is 2.38. The zero-order valence-electron chi connectivity index (χ0n) is 16.5. The van der Waals surface area contributed by atoms with Crippen molar-refractivity contribution >= 4 is 0 Å². The van der Waals surface area contributed by atoms with Crippen LogP contribution in [0.25, 0.3) is 11.7 Å². The average molecular weight is 390 g/mol. The molecule has 5 heterocycles. The lowest BCUT2D eigenvalue weighted by Gasteiger charge is -2.35. The first-order valence-corrected chi connectivity index (χ1v) is 10.7. The summed E-state index contributed by atoms with van der Waals surface area (Å²) < 4.78 is 11.3. The van der Waals surface area contributed by atoms with Crippen LogP contribution in [0.5, 0.6) is 0 Å². The lowest BCUT2D eigenvalue weighted by atomic mass is 9.95. The second kappa shape index (κ2) is 7.11. The smallest absolute Gasteiger partial charge is 0.283 e. The van der Waals surface area contributed by atoms with Crippen LogP contribution in [0.15, 0.2) is 51.5 Å². The fourth-order valence-electron chi connectivity index (χ4n) is 5.49. The van der Waals surface area contributed by atoms with Crippen LogP contribution in [0.4, 0.5) is 0 Å². The van der Waals surface area contributed by atoms with Crippen molar-refractivity contribution in [3.8, 4) is 11.7 Å². The largest absolute Gasteiger partial charge is 0.459 e. The molecule has 6 nitrogen and oxygen atoms in total. The van der Waals surface area contributed by atoms with Gasteiger partial charge in [-0.1, -0.05) is 24.3 Å². The molecular weight excluding hydrogens is 364 g/mol. The lowest BCUT2D eigenvalue weighted by Crippen LogP contribution is -2.44. The van der Waals surface area contributed by atoms with Crippen molar-refractivity contribution in [1.29, 1.82) is 0 Å². The quantitative estimate of drug-likeness (QED) is 0.681. The average Bonchev–Trinajstić information content (AvgIpc) is 3.45. The Morgan fingerprint density at radius 2 is 1.76 bits per heavy atom. The van der Waals surface area contributed by atoms with E-state index in [1.807, 2.05) is 12.1 Å². The van der Waals surface area contributed by atoms with Gasteiger partial charge in [0.2, 0.25) is 5.89 Å². The third kappa shape index (κ3) is 3.30. The van der Waals surface area contributed by atoms with Crippen LogP contribution in [0.1, 0.15) is 29.9 Å². The summed E-state index contributed by atoms with van der Waals surface area (Å²) in [6, 6.07) is 13.9. The summed E-state index contributed by atoms with van der Waals surface area (Å²) in [6.45, 7) is 4.22. The normalized spacial score (nSPS) is 25.4. The number of hydrogen-bond acceptors (Lipinski definition) is 6. The first-order chi connectivity index (χ1) is 14.3. The number of rotatable bonds is 4. The summed E-state index contributed by atoms with van der Waals surface area (Å²) in [4.78, 5) is 5.33. The minimum Gasteiger partial charge on any atom is -0.459 e. The standard InChI is InChI=1S/C23H26N4O2/c1-2-5-18-11-20(10-17(18)4-1)26-12-16-7-8-19(14-26)27(13-16)15-22-24-25-23(29-22)21-6-3-9-28-21/h1-6,9,16,19-20H,7-8,10-15H2/t16-,19+/m0/s1. The minimum absolute atomic E-state index is 0.468. The van der Waals surface area contributed by atoms with E-state index in [2.05, 4.69) is 44.3 Å². The third-order valence-electron chi connectivity index (χ3n) is 6.94. The van der Waals surface area contributed by atoms with Gasteiger partial charge in [-0.05, 0) is 54.9 Å². The second-order valence-electron chi connectivity index (χ2n) is 8.79. The predicted molar refractivity (Wildman–Crippen MR) is 108 cm³/mol. The molecule has 1 aliphatic carbocycles. The van der Waals surface area contributed by atoms with Crippen LogP contribution in [-0.4, -0.2) is 51.7 Å². The maximum atomic E-state index is 5.88. The van der Waals surface area contributed by atoms with Gasteiger partial charge in [0.25, 0.3) is 5.89 Å². The molecule has 4 aliphatic rings. The van der Waals surface area contributed by atoms with Crippen molar-refractivity contribution in [2.24, 2.45) is 5.92 Å². The van der Waals surface area contributed by atoms with E-state index < -0.39 is 0 Å². The van der Waals surface area contributed by atoms with Gasteiger partial charge < -0.3 is 8.83 Å². The summed E-state index contributed by atoms with van der Waals surface area (Å²) in [6.07, 6.45) is 6.62. The van der Waals surface area contributed by atoms with Crippen LogP contribution in [0.3, 0.4) is 0 Å². The molecule has 0 spiro atoms. The predicted octanol–water partition coefficient (Wildman–Crippen LogP) is 3.39. The van der Waals surface area contributed by atoms with E-state index in [-0.39, 0.29) is 0 Å². The Labute approximate surface area is 170 Å². The molecule has 3 aromatic rings. The molecule has 3 fully saturated rings. The fraction of sp³-hybridized carbons (Fsp3) is 0.478. The third-order valence-corrected chi connectivity index (χ3v) is 6.94. The van der Waals surface area contributed by atoms with E-state index in [9.17, 15) is 0 Å². The lowest BCUT2D eigenvalue weighted by molar-refractivity contribution is 0.110. The van der Waals surface area contributed by atoms with Gasteiger partial charge in [-0.3, -0.25) is 9.80 Å². The van der Waals surface area contributed by atoms with E-state index >= 15 is 0 Å². The van der Waals surface area contributed by atoms with Gasteiger partial charge in [-0.15, -0.1) is 10.2 Å². The van der Waals surface area contributed by atoms with E-state index in [1.54, 1.807) is 17.4 Å². The van der Waals surface area contributed by atoms with Crippen LogP contribution in [-0.2, 0) is 19.4 Å². The number of benzene rings is 1. The molecule has 0 unspecified atom stereocenters. The highest BCUT2D eigenvalue weighted by Crippen LogP contribution is 2.33. The summed E-state index contributed by atoms with van der Waals surface area (Å²) in [5.41, 5.74) is 3.09. The molecular formula is C23H26N4O2. The van der Waals surface area contributed by atoms with Gasteiger partial charge >= 0.3 is 0 Å². The number of nitrogens with zero attached hydrogens (tertiary/aromatic N) is 4. The van der Waals surface area contributed by atoms with E-state index in [0.717, 1.165) is 25.6 Å². The molecule has 2 atom stereocenters. The molecule has 0 saturated carbocycles. The minimum atomic E-state index is 0.468. The van der Waals surface area contributed by atoms with Crippen molar-refractivity contribution in [1.82, 2.24) is 20.0 Å². The molecule has 2 bridgehead atoms. The number of hydrogen-bond donors (Lipinski definition) is 0. The Kier molecular flexibility index (Phi) is 4.27. The first kappa shape index (κ1) is 17.4. The first-order valence-electron chi connectivity index (χ1n) is 10.7. The van der Waals surface area contributed by atoms with E-state index in [0.29, 0.717) is 29.6 Å². The zero-order valence-corrected chi connectivity index (χ0v) is 16.5. The fourth-order valence-corrected chi connectivity index (χ4v) is 5.49. The molecule has 0 N–H and O–H groups in total. The Bertz CT molecular complexity index is 957. The van der Waals surface area contributed by atoms with E-state index in [1.165, 1.54) is 32.2 Å². The van der Waals surface area contributed by atoms with Crippen molar-refractivity contribution < 1.29 is 8.83 Å². The van der Waals surface area contributed by atoms with Crippen molar-refractivity contribution in [3.63, 3.8) is 0 Å². The molecule has 3 saturated heterocycles.